The summed E-state index contributed by atoms with van der Waals surface area (Å²) in [6.45, 7) is 19.5. The van der Waals surface area contributed by atoms with Gasteiger partial charge in [-0.25, -0.2) is 4.79 Å². The van der Waals surface area contributed by atoms with Gasteiger partial charge >= 0.3 is 5.97 Å². The minimum absolute atomic E-state index is 0.0972. The quantitative estimate of drug-likeness (QED) is 0.0847. The summed E-state index contributed by atoms with van der Waals surface area (Å²) < 4.78 is 28.7. The number of carbonyl (C=O) groups is 1. The maximum Gasteiger partial charge on any atom is 0.330 e. The van der Waals surface area contributed by atoms with Crippen LogP contribution in [0.1, 0.15) is 53.0 Å². The first-order valence-corrected chi connectivity index (χ1v) is 15.3. The Morgan fingerprint density at radius 1 is 1.09 bits per heavy atom. The minimum Gasteiger partial charge on any atom is -0.456 e. The second kappa shape index (κ2) is 15.4. The van der Waals surface area contributed by atoms with Crippen LogP contribution in [0.3, 0.4) is 0 Å². The molecule has 198 valence electrons. The molecule has 1 rings (SSSR count). The Hall–Kier alpha value is -1.77. The van der Waals surface area contributed by atoms with Gasteiger partial charge in [-0.05, 0) is 56.5 Å². The van der Waals surface area contributed by atoms with Gasteiger partial charge in [-0.1, -0.05) is 57.2 Å². The van der Waals surface area contributed by atoms with E-state index in [2.05, 4.69) is 47.4 Å². The predicted molar refractivity (Wildman–Crippen MR) is 144 cm³/mol. The van der Waals surface area contributed by atoms with E-state index in [1.165, 1.54) is 6.08 Å². The lowest BCUT2D eigenvalue weighted by Crippen LogP contribution is -2.43. The molecule has 0 aliphatic heterocycles. The Morgan fingerprint density at radius 2 is 1.74 bits per heavy atom. The maximum absolute atomic E-state index is 12.5. The normalized spacial score (nSPS) is 16.0. The Morgan fingerprint density at radius 3 is 2.31 bits per heavy atom. The smallest absolute Gasteiger partial charge is 0.330 e. The van der Waals surface area contributed by atoms with Gasteiger partial charge in [0.15, 0.2) is 8.32 Å². The molecule has 7 heteroatoms. The van der Waals surface area contributed by atoms with Crippen LogP contribution >= 0.6 is 0 Å². The third-order valence-corrected chi connectivity index (χ3v) is 10.9. The number of esters is 1. The van der Waals surface area contributed by atoms with Crippen molar-refractivity contribution in [3.63, 3.8) is 0 Å². The average Bonchev–Trinajstić information content (AvgIpc) is 2.78. The standard InChI is InChI=1S/C28H46O6Si/c1-10-26(31-20-24-14-12-11-13-15-24)23(3)33-27(29)19-18-25(32-21-30-7)17-16-22(2)34-35(8,9)28(4,5)6/h10-15,18-19,22-23,25-26H,1,16-17,20-21H2,2-9H3/b19-18+/t22-,23-,25-,26+/m0/s1. The van der Waals surface area contributed by atoms with E-state index in [9.17, 15) is 4.79 Å². The van der Waals surface area contributed by atoms with Crippen molar-refractivity contribution in [3.8, 4) is 0 Å². The van der Waals surface area contributed by atoms with Crippen LogP contribution in [0.5, 0.6) is 0 Å². The monoisotopic (exact) mass is 506 g/mol. The summed E-state index contributed by atoms with van der Waals surface area (Å²) in [4.78, 5) is 12.5. The second-order valence-electron chi connectivity index (χ2n) is 10.4. The fraction of sp³-hybridized carbons (Fsp3) is 0.607. The molecule has 6 nitrogen and oxygen atoms in total. The molecule has 35 heavy (non-hydrogen) atoms. The van der Waals surface area contributed by atoms with E-state index in [1.54, 1.807) is 26.2 Å². The SMILES string of the molecule is C=C[C@@H](OCc1ccccc1)[C@H](C)OC(=O)/C=C/[C@H](CC[C@H](C)O[Si](C)(C)C(C)(C)C)OCOC. The fourth-order valence-corrected chi connectivity index (χ4v) is 4.64. The molecule has 4 atom stereocenters. The van der Waals surface area contributed by atoms with Crippen LogP contribution in [-0.2, 0) is 34.8 Å². The van der Waals surface area contributed by atoms with Gasteiger partial charge in [-0.3, -0.25) is 0 Å². The van der Waals surface area contributed by atoms with E-state index in [0.29, 0.717) is 13.0 Å². The largest absolute Gasteiger partial charge is 0.456 e. The summed E-state index contributed by atoms with van der Waals surface area (Å²) in [7, 11) is -0.267. The van der Waals surface area contributed by atoms with Crippen molar-refractivity contribution in [1.82, 2.24) is 0 Å². The molecule has 0 amide bonds. The van der Waals surface area contributed by atoms with Crippen molar-refractivity contribution in [1.29, 1.82) is 0 Å². The fourth-order valence-electron chi connectivity index (χ4n) is 3.17. The molecule has 0 unspecified atom stereocenters. The molecule has 1 aromatic carbocycles. The highest BCUT2D eigenvalue weighted by Crippen LogP contribution is 2.37. The maximum atomic E-state index is 12.5. The van der Waals surface area contributed by atoms with Gasteiger partial charge in [0.05, 0.1) is 12.7 Å². The van der Waals surface area contributed by atoms with E-state index >= 15 is 0 Å². The Labute approximate surface area is 213 Å². The lowest BCUT2D eigenvalue weighted by atomic mass is 10.1. The van der Waals surface area contributed by atoms with Gasteiger partial charge in [0, 0.05) is 19.3 Å². The van der Waals surface area contributed by atoms with Crippen LogP contribution in [0.4, 0.5) is 0 Å². The van der Waals surface area contributed by atoms with Crippen LogP contribution in [0.15, 0.2) is 55.1 Å². The molecule has 0 fully saturated rings. The summed E-state index contributed by atoms with van der Waals surface area (Å²) in [5.41, 5.74) is 1.04. The molecule has 0 heterocycles. The highest BCUT2D eigenvalue weighted by molar-refractivity contribution is 6.74. The summed E-state index contributed by atoms with van der Waals surface area (Å²) in [5.74, 6) is -0.454. The lowest BCUT2D eigenvalue weighted by molar-refractivity contribution is -0.148. The Bertz CT molecular complexity index is 771. The lowest BCUT2D eigenvalue weighted by Gasteiger charge is -2.38. The Balaban J connectivity index is 2.61. The molecule has 0 saturated carbocycles. The zero-order valence-electron chi connectivity index (χ0n) is 22.9. The van der Waals surface area contributed by atoms with E-state index in [4.69, 9.17) is 23.4 Å². The molecule has 0 aliphatic carbocycles. The molecule has 0 aromatic heterocycles. The van der Waals surface area contributed by atoms with Crippen molar-refractivity contribution in [2.24, 2.45) is 0 Å². The van der Waals surface area contributed by atoms with Crippen LogP contribution in [0, 0.1) is 0 Å². The zero-order chi connectivity index (χ0) is 26.5. The molecule has 0 bridgehead atoms. The summed E-state index contributed by atoms with van der Waals surface area (Å²) in [5, 5.41) is 0.154. The minimum atomic E-state index is -1.84. The van der Waals surface area contributed by atoms with Gasteiger partial charge in [0.2, 0.25) is 0 Å². The summed E-state index contributed by atoms with van der Waals surface area (Å²) in [6.07, 6.45) is 5.21. The van der Waals surface area contributed by atoms with Crippen LogP contribution in [0.2, 0.25) is 18.1 Å². The van der Waals surface area contributed by atoms with Gasteiger partial charge in [-0.2, -0.15) is 0 Å². The molecule has 0 saturated heterocycles. The topological polar surface area (TPSA) is 63.2 Å². The van der Waals surface area contributed by atoms with E-state index in [0.717, 1.165) is 12.0 Å². The molecule has 0 aliphatic rings. The molecular weight excluding hydrogens is 460 g/mol. The number of benzene rings is 1. The van der Waals surface area contributed by atoms with Crippen molar-refractivity contribution >= 4 is 14.3 Å². The van der Waals surface area contributed by atoms with Gasteiger partial charge in [-0.15, -0.1) is 6.58 Å². The number of hydrogen-bond donors (Lipinski definition) is 0. The number of methoxy groups -OCH3 is 1. The first kappa shape index (κ1) is 31.3. The van der Waals surface area contributed by atoms with E-state index in [-0.39, 0.29) is 24.0 Å². The van der Waals surface area contributed by atoms with Crippen molar-refractivity contribution in [3.05, 3.63) is 60.7 Å². The van der Waals surface area contributed by atoms with Gasteiger partial charge in [0.1, 0.15) is 19.0 Å². The molecule has 0 N–H and O–H groups in total. The molecular formula is C28H46O6Si. The second-order valence-corrected chi connectivity index (χ2v) is 15.1. The number of ether oxygens (including phenoxy) is 4. The molecule has 1 aromatic rings. The summed E-state index contributed by atoms with van der Waals surface area (Å²) >= 11 is 0. The van der Waals surface area contributed by atoms with Crippen molar-refractivity contribution < 1.29 is 28.2 Å². The number of rotatable bonds is 16. The van der Waals surface area contributed by atoms with Crippen LogP contribution < -0.4 is 0 Å². The highest BCUT2D eigenvalue weighted by Gasteiger charge is 2.38. The Kier molecular flexibility index (Phi) is 13.7. The van der Waals surface area contributed by atoms with Crippen molar-refractivity contribution in [2.45, 2.75) is 96.6 Å². The zero-order valence-corrected chi connectivity index (χ0v) is 23.9. The average molecular weight is 507 g/mol. The third-order valence-electron chi connectivity index (χ3n) is 6.29. The molecule has 0 spiro atoms. The molecule has 0 radical (unpaired) electrons. The highest BCUT2D eigenvalue weighted by atomic mass is 28.4. The van der Waals surface area contributed by atoms with E-state index < -0.39 is 26.5 Å². The third kappa shape index (κ3) is 12.2. The van der Waals surface area contributed by atoms with Gasteiger partial charge < -0.3 is 23.4 Å². The van der Waals surface area contributed by atoms with Crippen LogP contribution in [0.25, 0.3) is 0 Å². The van der Waals surface area contributed by atoms with Crippen molar-refractivity contribution in [2.75, 3.05) is 13.9 Å². The first-order valence-electron chi connectivity index (χ1n) is 12.3. The van der Waals surface area contributed by atoms with Crippen LogP contribution in [-0.4, -0.2) is 52.6 Å². The summed E-state index contributed by atoms with van der Waals surface area (Å²) in [6, 6.07) is 9.84. The number of hydrogen-bond acceptors (Lipinski definition) is 6. The first-order chi connectivity index (χ1) is 16.4. The predicted octanol–water partition coefficient (Wildman–Crippen LogP) is 6.43. The number of carbonyl (C=O) groups excluding carboxylic acids is 1. The van der Waals surface area contributed by atoms with Gasteiger partial charge in [0.25, 0.3) is 0 Å². The van der Waals surface area contributed by atoms with E-state index in [1.807, 2.05) is 30.3 Å².